The highest BCUT2D eigenvalue weighted by Crippen LogP contribution is 2.31. The highest BCUT2D eigenvalue weighted by Gasteiger charge is 2.22. The van der Waals surface area contributed by atoms with Crippen molar-refractivity contribution in [3.05, 3.63) is 45.7 Å². The summed E-state index contributed by atoms with van der Waals surface area (Å²) in [6.07, 6.45) is 1.62. The Labute approximate surface area is 102 Å². The van der Waals surface area contributed by atoms with Crippen LogP contribution in [0.25, 0.3) is 0 Å². The summed E-state index contributed by atoms with van der Waals surface area (Å²) in [5.41, 5.74) is 3.71. The molecule has 1 atom stereocenters. The van der Waals surface area contributed by atoms with Crippen molar-refractivity contribution in [1.82, 2.24) is 5.43 Å². The van der Waals surface area contributed by atoms with Crippen LogP contribution in [0.5, 0.6) is 0 Å². The molecule has 3 N–H and O–H groups in total. The zero-order chi connectivity index (χ0) is 11.7. The van der Waals surface area contributed by atoms with Crippen LogP contribution in [0.15, 0.2) is 31.7 Å². The molecule has 2 rings (SSSR count). The topological polar surface area (TPSA) is 64.3 Å². The van der Waals surface area contributed by atoms with E-state index < -0.39 is 0 Å². The molecule has 0 spiro atoms. The number of nitrogens with one attached hydrogen (secondary N) is 1. The third-order valence-corrected chi connectivity index (χ3v) is 3.12. The molecule has 0 fully saturated rings. The van der Waals surface area contributed by atoms with Crippen molar-refractivity contribution >= 4 is 15.9 Å². The van der Waals surface area contributed by atoms with Crippen molar-refractivity contribution < 1.29 is 8.83 Å². The molecule has 0 amide bonds. The summed E-state index contributed by atoms with van der Waals surface area (Å²) < 4.78 is 11.8. The summed E-state index contributed by atoms with van der Waals surface area (Å²) in [5, 5.41) is 0. The van der Waals surface area contributed by atoms with Gasteiger partial charge in [-0.3, -0.25) is 5.84 Å². The highest BCUT2D eigenvalue weighted by molar-refractivity contribution is 9.10. The minimum absolute atomic E-state index is 0.207. The Morgan fingerprint density at radius 3 is 2.62 bits per heavy atom. The first-order chi connectivity index (χ1) is 7.63. The first-order valence-electron chi connectivity index (χ1n) is 4.89. The molecule has 0 aromatic carbocycles. The minimum Gasteiger partial charge on any atom is -0.466 e. The number of hydrazine groups is 1. The predicted molar refractivity (Wildman–Crippen MR) is 63.8 cm³/mol. The lowest BCUT2D eigenvalue weighted by molar-refractivity contribution is 0.440. The molecule has 2 aromatic heterocycles. The molecule has 16 heavy (non-hydrogen) atoms. The van der Waals surface area contributed by atoms with Gasteiger partial charge in [0.1, 0.15) is 23.3 Å². The molecule has 0 aliphatic carbocycles. The third kappa shape index (κ3) is 1.93. The molecule has 2 aromatic rings. The van der Waals surface area contributed by atoms with Gasteiger partial charge in [0, 0.05) is 5.56 Å². The van der Waals surface area contributed by atoms with Crippen molar-refractivity contribution in [3.8, 4) is 0 Å². The fourth-order valence-electron chi connectivity index (χ4n) is 1.76. The van der Waals surface area contributed by atoms with Gasteiger partial charge in [-0.25, -0.2) is 5.43 Å². The molecule has 2 heterocycles. The lowest BCUT2D eigenvalue weighted by Gasteiger charge is -2.12. The van der Waals surface area contributed by atoms with Crippen LogP contribution < -0.4 is 11.3 Å². The van der Waals surface area contributed by atoms with Gasteiger partial charge in [-0.1, -0.05) is 0 Å². The van der Waals surface area contributed by atoms with E-state index in [4.69, 9.17) is 14.7 Å². The Kier molecular flexibility index (Phi) is 3.18. The van der Waals surface area contributed by atoms with E-state index >= 15 is 0 Å². The Balaban J connectivity index is 2.44. The number of halogens is 1. The number of rotatable bonds is 3. The predicted octanol–water partition coefficient (Wildman–Crippen LogP) is 2.80. The van der Waals surface area contributed by atoms with Gasteiger partial charge in [0.05, 0.1) is 10.7 Å². The maximum absolute atomic E-state index is 5.57. The smallest absolute Gasteiger partial charge is 0.140 e. The first-order valence-corrected chi connectivity index (χ1v) is 5.68. The highest BCUT2D eigenvalue weighted by atomic mass is 79.9. The zero-order valence-corrected chi connectivity index (χ0v) is 10.7. The van der Waals surface area contributed by atoms with E-state index in [0.29, 0.717) is 0 Å². The van der Waals surface area contributed by atoms with Crippen LogP contribution in [0.3, 0.4) is 0 Å². The van der Waals surface area contributed by atoms with E-state index in [1.807, 2.05) is 26.0 Å². The largest absolute Gasteiger partial charge is 0.466 e. The van der Waals surface area contributed by atoms with Crippen molar-refractivity contribution in [2.75, 3.05) is 0 Å². The molecule has 1 unspecified atom stereocenters. The van der Waals surface area contributed by atoms with Gasteiger partial charge >= 0.3 is 0 Å². The molecule has 0 saturated heterocycles. The van der Waals surface area contributed by atoms with Crippen LogP contribution in [0, 0.1) is 13.8 Å². The van der Waals surface area contributed by atoms with Gasteiger partial charge in [0.25, 0.3) is 0 Å². The van der Waals surface area contributed by atoms with Crippen molar-refractivity contribution in [3.63, 3.8) is 0 Å². The van der Waals surface area contributed by atoms with Crippen LogP contribution in [0.4, 0.5) is 0 Å². The minimum atomic E-state index is -0.207. The zero-order valence-electron chi connectivity index (χ0n) is 9.08. The van der Waals surface area contributed by atoms with E-state index in [1.165, 1.54) is 0 Å². The molecule has 0 aliphatic rings. The fourth-order valence-corrected chi connectivity index (χ4v) is 2.19. The van der Waals surface area contributed by atoms with Gasteiger partial charge in [0.15, 0.2) is 0 Å². The SMILES string of the molecule is Cc1cc(C(NN)c2occc2Br)c(C)o1. The van der Waals surface area contributed by atoms with E-state index in [1.54, 1.807) is 6.26 Å². The number of hydrogen-bond acceptors (Lipinski definition) is 4. The lowest BCUT2D eigenvalue weighted by atomic mass is 10.1. The number of hydrogen-bond donors (Lipinski definition) is 2. The maximum atomic E-state index is 5.57. The molecular formula is C11H13BrN2O2. The lowest BCUT2D eigenvalue weighted by Crippen LogP contribution is -2.28. The van der Waals surface area contributed by atoms with Gasteiger partial charge in [-0.05, 0) is 41.9 Å². The molecule has 0 radical (unpaired) electrons. The summed E-state index contributed by atoms with van der Waals surface area (Å²) in [6.45, 7) is 3.81. The fraction of sp³-hybridized carbons (Fsp3) is 0.273. The average Bonchev–Trinajstić information content (AvgIpc) is 2.77. The summed E-state index contributed by atoms with van der Waals surface area (Å²) in [4.78, 5) is 0. The van der Waals surface area contributed by atoms with Crippen LogP contribution >= 0.6 is 15.9 Å². The van der Waals surface area contributed by atoms with Gasteiger partial charge in [-0.15, -0.1) is 0 Å². The monoisotopic (exact) mass is 284 g/mol. The van der Waals surface area contributed by atoms with E-state index in [2.05, 4.69) is 21.4 Å². The number of furan rings is 2. The van der Waals surface area contributed by atoms with Crippen molar-refractivity contribution in [2.24, 2.45) is 5.84 Å². The Morgan fingerprint density at radius 2 is 2.19 bits per heavy atom. The number of aryl methyl sites for hydroxylation is 2. The Hall–Kier alpha value is -1.04. The first kappa shape index (κ1) is 11.4. The second-order valence-corrected chi connectivity index (χ2v) is 4.46. The van der Waals surface area contributed by atoms with Gasteiger partial charge < -0.3 is 8.83 Å². The molecule has 86 valence electrons. The normalized spacial score (nSPS) is 13.0. The van der Waals surface area contributed by atoms with Crippen molar-refractivity contribution in [1.29, 1.82) is 0 Å². The van der Waals surface area contributed by atoms with Gasteiger partial charge in [0.2, 0.25) is 0 Å². The second-order valence-electron chi connectivity index (χ2n) is 3.60. The quantitative estimate of drug-likeness (QED) is 0.672. The van der Waals surface area contributed by atoms with E-state index in [0.717, 1.165) is 27.3 Å². The van der Waals surface area contributed by atoms with Gasteiger partial charge in [-0.2, -0.15) is 0 Å². The van der Waals surface area contributed by atoms with Crippen molar-refractivity contribution in [2.45, 2.75) is 19.9 Å². The van der Waals surface area contributed by atoms with Crippen LogP contribution in [-0.4, -0.2) is 0 Å². The Bertz CT molecular complexity index is 490. The molecular weight excluding hydrogens is 272 g/mol. The summed E-state index contributed by atoms with van der Waals surface area (Å²) >= 11 is 3.42. The van der Waals surface area contributed by atoms with Crippen LogP contribution in [0.2, 0.25) is 0 Å². The van der Waals surface area contributed by atoms with Crippen LogP contribution in [0.1, 0.15) is 28.9 Å². The molecule has 5 heteroatoms. The standard InChI is InChI=1S/C11H13BrN2O2/c1-6-5-8(7(2)16-6)10(14-13)11-9(12)3-4-15-11/h3-5,10,14H,13H2,1-2H3. The molecule has 0 saturated carbocycles. The van der Waals surface area contributed by atoms with Crippen LogP contribution in [-0.2, 0) is 0 Å². The molecule has 0 bridgehead atoms. The second kappa shape index (κ2) is 4.45. The number of nitrogens with two attached hydrogens (primary N) is 1. The summed E-state index contributed by atoms with van der Waals surface area (Å²) in [5.74, 6) is 8.01. The van der Waals surface area contributed by atoms with E-state index in [9.17, 15) is 0 Å². The summed E-state index contributed by atoms with van der Waals surface area (Å²) in [7, 11) is 0. The third-order valence-electron chi connectivity index (χ3n) is 2.46. The van der Waals surface area contributed by atoms with E-state index in [-0.39, 0.29) is 6.04 Å². The average molecular weight is 285 g/mol. The Morgan fingerprint density at radius 1 is 1.44 bits per heavy atom. The maximum Gasteiger partial charge on any atom is 0.140 e. The summed E-state index contributed by atoms with van der Waals surface area (Å²) in [6, 6.07) is 3.58. The molecule has 0 aliphatic heterocycles. The molecule has 4 nitrogen and oxygen atoms in total.